The van der Waals surface area contributed by atoms with Crippen molar-refractivity contribution < 1.29 is 22.5 Å². The van der Waals surface area contributed by atoms with Crippen LogP contribution in [0.5, 0.6) is 0 Å². The van der Waals surface area contributed by atoms with Crippen LogP contribution in [-0.2, 0) is 27.9 Å². The highest BCUT2D eigenvalue weighted by molar-refractivity contribution is 7.92. The first-order valence-corrected chi connectivity index (χ1v) is 12.6. The Kier molecular flexibility index (Phi) is 6.99. The first-order valence-electron chi connectivity index (χ1n) is 11.1. The van der Waals surface area contributed by atoms with Crippen LogP contribution in [0.25, 0.3) is 11.0 Å². The van der Waals surface area contributed by atoms with Crippen molar-refractivity contribution in [2.45, 2.75) is 31.8 Å². The van der Waals surface area contributed by atoms with Crippen LogP contribution in [-0.4, -0.2) is 42.2 Å². The average Bonchev–Trinajstić information content (AvgIpc) is 3.48. The summed E-state index contributed by atoms with van der Waals surface area (Å²) < 4.78 is 36.0. The number of hydrogen-bond donors (Lipinski definition) is 3. The number of anilines is 1. The molecule has 11 nitrogen and oxygen atoms in total. The SMILES string of the molecule is C#CC(=O)NCc1cnn(Cc2cc(C)c3c(NS(=O)(=O)c4cc(C(=O)NC)ccc4C)noc3c2)c1. The van der Waals surface area contributed by atoms with Gasteiger partial charge in [-0.2, -0.15) is 5.10 Å². The van der Waals surface area contributed by atoms with Crippen molar-refractivity contribution in [2.24, 2.45) is 0 Å². The van der Waals surface area contributed by atoms with E-state index >= 15 is 0 Å². The predicted molar refractivity (Wildman–Crippen MR) is 136 cm³/mol. The molecule has 2 aromatic carbocycles. The maximum atomic E-state index is 13.2. The maximum absolute atomic E-state index is 13.2. The molecule has 0 saturated heterocycles. The van der Waals surface area contributed by atoms with Gasteiger partial charge in [0.05, 0.1) is 23.0 Å². The molecule has 12 heteroatoms. The molecule has 4 aromatic rings. The van der Waals surface area contributed by atoms with Crippen LogP contribution in [0.2, 0.25) is 0 Å². The number of nitrogens with one attached hydrogen (secondary N) is 3. The van der Waals surface area contributed by atoms with E-state index in [9.17, 15) is 18.0 Å². The lowest BCUT2D eigenvalue weighted by molar-refractivity contribution is -0.115. The van der Waals surface area contributed by atoms with E-state index in [1.54, 1.807) is 42.2 Å². The van der Waals surface area contributed by atoms with Gasteiger partial charge in [-0.1, -0.05) is 17.3 Å². The van der Waals surface area contributed by atoms with Gasteiger partial charge < -0.3 is 15.2 Å². The molecule has 3 N–H and O–H groups in total. The molecule has 0 spiro atoms. The van der Waals surface area contributed by atoms with Crippen LogP contribution >= 0.6 is 0 Å². The van der Waals surface area contributed by atoms with Crippen molar-refractivity contribution in [3.05, 3.63) is 70.5 Å². The van der Waals surface area contributed by atoms with Crippen LogP contribution < -0.4 is 15.4 Å². The normalized spacial score (nSPS) is 11.2. The molecule has 2 heterocycles. The Morgan fingerprint density at radius 1 is 1.14 bits per heavy atom. The summed E-state index contributed by atoms with van der Waals surface area (Å²) in [5.41, 5.74) is 3.48. The molecule has 0 aliphatic rings. The van der Waals surface area contributed by atoms with Crippen molar-refractivity contribution in [2.75, 3.05) is 11.8 Å². The van der Waals surface area contributed by atoms with Gasteiger partial charge in [-0.15, -0.1) is 6.42 Å². The molecule has 0 aliphatic heterocycles. The van der Waals surface area contributed by atoms with Gasteiger partial charge in [0.25, 0.3) is 21.8 Å². The van der Waals surface area contributed by atoms with Gasteiger partial charge in [0.2, 0.25) is 0 Å². The van der Waals surface area contributed by atoms with Crippen LogP contribution in [0, 0.1) is 26.2 Å². The Morgan fingerprint density at radius 3 is 2.65 bits per heavy atom. The standard InChI is InChI=1S/C25H24N6O5S/c1-5-22(32)27-11-18-12-28-31(14-18)13-17-8-16(3)23-20(9-17)36-29-24(23)30-37(34,35)21-10-19(25(33)26-4)7-6-15(21)2/h1,6-10,12,14H,11,13H2,2-4H3,(H,26,33)(H,27,32)(H,29,30). The third kappa shape index (κ3) is 5.46. The highest BCUT2D eigenvalue weighted by Crippen LogP contribution is 2.30. The summed E-state index contributed by atoms with van der Waals surface area (Å²) in [7, 11) is -2.59. The molecule has 0 unspecified atom stereocenters. The number of benzene rings is 2. The molecule has 37 heavy (non-hydrogen) atoms. The Labute approximate surface area is 213 Å². The molecular formula is C25H24N6O5S. The lowest BCUT2D eigenvalue weighted by atomic mass is 10.1. The second-order valence-electron chi connectivity index (χ2n) is 8.36. The van der Waals surface area contributed by atoms with Crippen molar-refractivity contribution in [3.8, 4) is 12.3 Å². The molecule has 2 amide bonds. The number of sulfonamides is 1. The Morgan fingerprint density at radius 2 is 1.92 bits per heavy atom. The fourth-order valence-corrected chi connectivity index (χ4v) is 5.14. The highest BCUT2D eigenvalue weighted by atomic mass is 32.2. The summed E-state index contributed by atoms with van der Waals surface area (Å²) in [5, 5.41) is 13.8. The van der Waals surface area contributed by atoms with Gasteiger partial charge in [-0.25, -0.2) is 8.42 Å². The number of fused-ring (bicyclic) bond motifs is 1. The van der Waals surface area contributed by atoms with Gasteiger partial charge >= 0.3 is 0 Å². The second kappa shape index (κ2) is 10.2. The van der Waals surface area contributed by atoms with Gasteiger partial charge in [0.15, 0.2) is 11.4 Å². The maximum Gasteiger partial charge on any atom is 0.295 e. The van der Waals surface area contributed by atoms with Crippen molar-refractivity contribution in [1.82, 2.24) is 25.6 Å². The van der Waals surface area contributed by atoms with E-state index < -0.39 is 21.8 Å². The number of aromatic nitrogens is 3. The van der Waals surface area contributed by atoms with Gasteiger partial charge in [-0.05, 0) is 54.7 Å². The highest BCUT2D eigenvalue weighted by Gasteiger charge is 2.23. The zero-order chi connectivity index (χ0) is 26.7. The smallest absolute Gasteiger partial charge is 0.295 e. The van der Waals surface area contributed by atoms with Crippen LogP contribution in [0.4, 0.5) is 5.82 Å². The van der Waals surface area contributed by atoms with E-state index in [4.69, 9.17) is 10.9 Å². The summed E-state index contributed by atoms with van der Waals surface area (Å²) in [6.45, 7) is 4.14. The molecule has 190 valence electrons. The third-order valence-electron chi connectivity index (χ3n) is 5.64. The van der Waals surface area contributed by atoms with Crippen molar-refractivity contribution in [3.63, 3.8) is 0 Å². The number of rotatable bonds is 8. The van der Waals surface area contributed by atoms with Crippen LogP contribution in [0.1, 0.15) is 32.6 Å². The molecule has 0 saturated carbocycles. The number of terminal acetylenes is 1. The van der Waals surface area contributed by atoms with E-state index in [1.807, 2.05) is 18.9 Å². The molecule has 0 radical (unpaired) electrons. The molecule has 4 rings (SSSR count). The predicted octanol–water partition coefficient (Wildman–Crippen LogP) is 2.10. The second-order valence-corrected chi connectivity index (χ2v) is 10.0. The largest absolute Gasteiger partial charge is 0.355 e. The number of carbonyl (C=O) groups excluding carboxylic acids is 2. The zero-order valence-electron chi connectivity index (χ0n) is 20.3. The van der Waals surface area contributed by atoms with Crippen LogP contribution in [0.15, 0.2) is 52.1 Å². The minimum atomic E-state index is -4.06. The lowest BCUT2D eigenvalue weighted by Gasteiger charge is -2.11. The summed E-state index contributed by atoms with van der Waals surface area (Å²) in [6.07, 6.45) is 8.46. The molecule has 0 aliphatic carbocycles. The molecule has 0 bridgehead atoms. The van der Waals surface area contributed by atoms with Gasteiger partial charge in [0.1, 0.15) is 0 Å². The van der Waals surface area contributed by atoms with E-state index in [0.29, 0.717) is 23.1 Å². The van der Waals surface area contributed by atoms with E-state index in [-0.39, 0.29) is 22.8 Å². The number of carbonyl (C=O) groups is 2. The monoisotopic (exact) mass is 520 g/mol. The van der Waals surface area contributed by atoms with E-state index in [0.717, 1.165) is 16.7 Å². The number of amides is 2. The van der Waals surface area contributed by atoms with E-state index in [1.165, 1.54) is 13.1 Å². The molecule has 0 atom stereocenters. The number of nitrogens with zero attached hydrogens (tertiary/aromatic N) is 3. The first-order chi connectivity index (χ1) is 17.6. The minimum Gasteiger partial charge on any atom is -0.355 e. The first kappa shape index (κ1) is 25.5. The molecule has 0 fully saturated rings. The lowest BCUT2D eigenvalue weighted by Crippen LogP contribution is -2.20. The van der Waals surface area contributed by atoms with Crippen LogP contribution in [0.3, 0.4) is 0 Å². The Balaban J connectivity index is 1.57. The topological polar surface area (TPSA) is 148 Å². The van der Waals surface area contributed by atoms with E-state index in [2.05, 4.69) is 25.6 Å². The molecular weight excluding hydrogens is 496 g/mol. The van der Waals surface area contributed by atoms with Gasteiger partial charge in [0, 0.05) is 30.9 Å². The third-order valence-corrected chi connectivity index (χ3v) is 7.13. The Hall–Kier alpha value is -4.63. The summed E-state index contributed by atoms with van der Waals surface area (Å²) >= 11 is 0. The summed E-state index contributed by atoms with van der Waals surface area (Å²) in [5.74, 6) is 1.15. The van der Waals surface area contributed by atoms with Crippen molar-refractivity contribution >= 4 is 38.6 Å². The summed E-state index contributed by atoms with van der Waals surface area (Å²) in [6, 6.07) is 8.09. The quantitative estimate of drug-likeness (QED) is 0.301. The number of aryl methyl sites for hydroxylation is 2. The fourth-order valence-electron chi connectivity index (χ4n) is 3.87. The Bertz CT molecular complexity index is 1660. The summed E-state index contributed by atoms with van der Waals surface area (Å²) in [4.78, 5) is 23.2. The van der Waals surface area contributed by atoms with Gasteiger partial charge in [-0.3, -0.25) is 19.0 Å². The molecule has 2 aromatic heterocycles. The average molecular weight is 521 g/mol. The van der Waals surface area contributed by atoms with Crippen molar-refractivity contribution in [1.29, 1.82) is 0 Å². The minimum absolute atomic E-state index is 0.0352. The fraction of sp³-hybridized carbons (Fsp3) is 0.200. The zero-order valence-corrected chi connectivity index (χ0v) is 21.1. The number of hydrogen-bond acceptors (Lipinski definition) is 7.